The molecule has 0 atom stereocenters. The van der Waals surface area contributed by atoms with Gasteiger partial charge in [0.15, 0.2) is 0 Å². The molecule has 1 aromatic carbocycles. The van der Waals surface area contributed by atoms with E-state index in [1.165, 1.54) is 15.8 Å². The number of rotatable bonds is 5. The molecular formula is C16H31GeSi2. The van der Waals surface area contributed by atoms with Crippen molar-refractivity contribution in [1.82, 2.24) is 0 Å². The molecule has 0 aliphatic heterocycles. The van der Waals surface area contributed by atoms with Crippen molar-refractivity contribution in [2.24, 2.45) is 0 Å². The van der Waals surface area contributed by atoms with Gasteiger partial charge in [-0.05, 0) is 0 Å². The van der Waals surface area contributed by atoms with Crippen molar-refractivity contribution in [1.29, 1.82) is 0 Å². The van der Waals surface area contributed by atoms with Gasteiger partial charge in [-0.3, -0.25) is 0 Å². The van der Waals surface area contributed by atoms with E-state index >= 15 is 0 Å². The Hall–Kier alpha value is 0.197. The van der Waals surface area contributed by atoms with E-state index in [9.17, 15) is 0 Å². The first kappa shape index (κ1) is 19.2. The minimum Gasteiger partial charge on any atom is -0.0671 e. The van der Waals surface area contributed by atoms with Crippen LogP contribution in [0.2, 0.25) is 41.9 Å². The minimum absolute atomic E-state index is 0.261. The monoisotopic (exact) mass is 353 g/mol. The summed E-state index contributed by atoms with van der Waals surface area (Å²) in [6.45, 7) is 16.5. The maximum atomic E-state index is 2.37. The Kier molecular flexibility index (Phi) is 11.0. The zero-order valence-electron chi connectivity index (χ0n) is 13.9. The van der Waals surface area contributed by atoms with Gasteiger partial charge in [-0.15, -0.1) is 0 Å². The van der Waals surface area contributed by atoms with Crippen molar-refractivity contribution < 1.29 is 0 Å². The maximum Gasteiger partial charge on any atom is 0.0789 e. The van der Waals surface area contributed by atoms with Crippen molar-refractivity contribution in [2.45, 2.75) is 62.7 Å². The smallest absolute Gasteiger partial charge is 0.0671 e. The molecule has 1 rings (SSSR count). The van der Waals surface area contributed by atoms with Crippen molar-refractivity contribution >= 4 is 42.3 Å². The summed E-state index contributed by atoms with van der Waals surface area (Å²) in [7, 11) is -0.522. The largest absolute Gasteiger partial charge is 0.0789 e. The summed E-state index contributed by atoms with van der Waals surface area (Å²) < 4.78 is 0. The van der Waals surface area contributed by atoms with Crippen LogP contribution >= 0.6 is 0 Å². The van der Waals surface area contributed by atoms with Crippen LogP contribution in [0.1, 0.15) is 20.8 Å². The average Bonchev–Trinajstić information content (AvgIpc) is 2.41. The first-order valence-electron chi connectivity index (χ1n) is 7.51. The quantitative estimate of drug-likeness (QED) is 0.699. The third-order valence-electron chi connectivity index (χ3n) is 3.50. The van der Waals surface area contributed by atoms with Gasteiger partial charge in [0.1, 0.15) is 0 Å². The molecule has 0 nitrogen and oxygen atoms in total. The van der Waals surface area contributed by atoms with Gasteiger partial charge >= 0.3 is 50.9 Å². The van der Waals surface area contributed by atoms with Crippen molar-refractivity contribution in [3.8, 4) is 0 Å². The molecule has 0 aliphatic carbocycles. The summed E-state index contributed by atoms with van der Waals surface area (Å²) in [6.07, 6.45) is 0. The number of benzene rings is 1. The second-order valence-electron chi connectivity index (χ2n) is 5.36. The second kappa shape index (κ2) is 10.9. The zero-order chi connectivity index (χ0) is 14.8. The van der Waals surface area contributed by atoms with E-state index in [0.29, 0.717) is 0 Å². The molecular weight excluding hydrogens is 321 g/mol. The summed E-state index contributed by atoms with van der Waals surface area (Å²) in [6, 6.07) is 8.95. The van der Waals surface area contributed by atoms with E-state index in [-0.39, 0.29) is 17.6 Å². The summed E-state index contributed by atoms with van der Waals surface area (Å²) in [5.41, 5.74) is 0. The molecule has 0 saturated carbocycles. The van der Waals surface area contributed by atoms with E-state index in [0.717, 1.165) is 0 Å². The molecule has 0 heterocycles. The molecule has 0 aromatic heterocycles. The van der Waals surface area contributed by atoms with Crippen LogP contribution in [0.3, 0.4) is 0 Å². The maximum absolute atomic E-state index is 2.37. The Morgan fingerprint density at radius 3 is 1.21 bits per heavy atom. The Bertz CT molecular complexity index is 301. The molecule has 107 valence electrons. The van der Waals surface area contributed by atoms with Crippen molar-refractivity contribution in [3.63, 3.8) is 0 Å². The molecule has 0 spiro atoms. The third-order valence-corrected chi connectivity index (χ3v) is 13.1. The predicted octanol–water partition coefficient (Wildman–Crippen LogP) is 4.15. The van der Waals surface area contributed by atoms with Gasteiger partial charge < -0.3 is 0 Å². The number of hydrogen-bond donors (Lipinski definition) is 0. The molecule has 0 fully saturated rings. The molecule has 0 unspecified atom stereocenters. The van der Waals surface area contributed by atoms with Gasteiger partial charge in [-0.2, -0.15) is 0 Å². The fourth-order valence-electron chi connectivity index (χ4n) is 2.11. The van der Waals surface area contributed by atoms with Crippen LogP contribution in [0.15, 0.2) is 24.3 Å². The molecule has 0 saturated heterocycles. The summed E-state index contributed by atoms with van der Waals surface area (Å²) in [5.74, 6) is 0. The SMILES string of the molecule is C[CH2][Ge]([CH2]C)[CH2]C.C[Si](C)c1ccccc1[Si](C)C. The van der Waals surface area contributed by atoms with Crippen LogP contribution in [-0.4, -0.2) is 31.9 Å². The van der Waals surface area contributed by atoms with E-state index < -0.39 is 14.3 Å². The topological polar surface area (TPSA) is 0 Å². The van der Waals surface area contributed by atoms with E-state index in [1.807, 2.05) is 0 Å². The Labute approximate surface area is 129 Å². The van der Waals surface area contributed by atoms with Crippen molar-refractivity contribution in [3.05, 3.63) is 24.3 Å². The van der Waals surface area contributed by atoms with E-state index in [1.54, 1.807) is 10.4 Å². The molecule has 0 bridgehead atoms. The molecule has 3 heteroatoms. The van der Waals surface area contributed by atoms with Crippen LogP contribution in [-0.2, 0) is 0 Å². The fraction of sp³-hybridized carbons (Fsp3) is 0.625. The summed E-state index contributed by atoms with van der Waals surface area (Å²) in [4.78, 5) is 0. The number of hydrogen-bond acceptors (Lipinski definition) is 0. The molecule has 1 aromatic rings. The normalized spacial score (nSPS) is 10.8. The van der Waals surface area contributed by atoms with Crippen molar-refractivity contribution in [2.75, 3.05) is 0 Å². The molecule has 0 N–H and O–H groups in total. The molecule has 0 amide bonds. The van der Waals surface area contributed by atoms with Gasteiger partial charge in [0.25, 0.3) is 0 Å². The van der Waals surface area contributed by atoms with Crippen LogP contribution in [0, 0.1) is 0 Å². The Morgan fingerprint density at radius 2 is 1.05 bits per heavy atom. The Morgan fingerprint density at radius 1 is 0.737 bits per heavy atom. The van der Waals surface area contributed by atoms with Crippen LogP contribution in [0.4, 0.5) is 0 Å². The standard InChI is InChI=1S/C10H16Si2.C6H15Ge/c1-11(2)9-7-5-6-8-10(9)12(3)4;1-4-7(5-2)6-3/h5-8H,1-4H3;4-6H2,1-3H3. The summed E-state index contributed by atoms with van der Waals surface area (Å²) >= 11 is -0.403. The minimum atomic E-state index is -0.403. The molecule has 3 radical (unpaired) electrons. The van der Waals surface area contributed by atoms with Crippen LogP contribution in [0.25, 0.3) is 0 Å². The van der Waals surface area contributed by atoms with Gasteiger partial charge in [-0.25, -0.2) is 0 Å². The third kappa shape index (κ3) is 7.52. The molecule has 0 aliphatic rings. The average molecular weight is 352 g/mol. The summed E-state index contributed by atoms with van der Waals surface area (Å²) in [5, 5.41) is 7.84. The van der Waals surface area contributed by atoms with E-state index in [2.05, 4.69) is 71.2 Å². The van der Waals surface area contributed by atoms with Gasteiger partial charge in [0.05, 0.1) is 17.6 Å². The van der Waals surface area contributed by atoms with Gasteiger partial charge in [-0.1, -0.05) is 60.8 Å². The van der Waals surface area contributed by atoms with Gasteiger partial charge in [0, 0.05) is 0 Å². The first-order chi connectivity index (χ1) is 8.97. The molecule has 19 heavy (non-hydrogen) atoms. The fourth-order valence-corrected chi connectivity index (χ4v) is 8.86. The second-order valence-corrected chi connectivity index (χ2v) is 18.0. The first-order valence-corrected chi connectivity index (χ1v) is 17.0. The Balaban J connectivity index is 0.000000399. The van der Waals surface area contributed by atoms with E-state index in [4.69, 9.17) is 0 Å². The van der Waals surface area contributed by atoms with Crippen LogP contribution in [0.5, 0.6) is 0 Å². The van der Waals surface area contributed by atoms with Crippen LogP contribution < -0.4 is 10.4 Å². The predicted molar refractivity (Wildman–Crippen MR) is 97.9 cm³/mol. The van der Waals surface area contributed by atoms with Gasteiger partial charge in [0.2, 0.25) is 0 Å². The zero-order valence-corrected chi connectivity index (χ0v) is 18.0.